The van der Waals surface area contributed by atoms with E-state index in [0.717, 1.165) is 5.57 Å². The molecule has 0 aromatic heterocycles. The molecule has 0 unspecified atom stereocenters. The summed E-state index contributed by atoms with van der Waals surface area (Å²) in [5.74, 6) is 0. The van der Waals surface area contributed by atoms with Crippen molar-refractivity contribution in [2.75, 3.05) is 0 Å². The molecule has 0 rings (SSSR count). The molecule has 0 aliphatic rings. The quantitative estimate of drug-likeness (QED) is 0.401. The van der Waals surface area contributed by atoms with E-state index in [1.54, 1.807) is 6.08 Å². The molecule has 3 heteroatoms. The van der Waals surface area contributed by atoms with Gasteiger partial charge in [-0.15, -0.1) is 29.8 Å². The van der Waals surface area contributed by atoms with Crippen molar-refractivity contribution >= 4 is 39.1 Å². The molecule has 0 fully saturated rings. The topological polar surface area (TPSA) is 0 Å². The molecule has 13 heavy (non-hydrogen) atoms. The molecule has 0 nitrogen and oxygen atoms in total. The number of alkyl halides is 2. The lowest BCUT2D eigenvalue weighted by Gasteiger charge is -2.20. The third-order valence-corrected chi connectivity index (χ3v) is 3.46. The molecule has 0 amide bonds. The highest BCUT2D eigenvalue weighted by atomic mass is 79.9. The van der Waals surface area contributed by atoms with Crippen LogP contribution in [-0.2, 0) is 0 Å². The molecule has 0 aromatic rings. The van der Waals surface area contributed by atoms with Gasteiger partial charge in [0.25, 0.3) is 0 Å². The summed E-state index contributed by atoms with van der Waals surface area (Å²) in [5.41, 5.74) is 1.09. The molecule has 0 aromatic carbocycles. The van der Waals surface area contributed by atoms with Crippen molar-refractivity contribution in [1.29, 1.82) is 0 Å². The third kappa shape index (κ3) is 4.90. The Hall–Kier alpha value is 0.280. The minimum Gasteiger partial charge on any atom is -0.116 e. The highest BCUT2D eigenvalue weighted by Crippen LogP contribution is 2.26. The molecule has 2 atom stereocenters. The van der Waals surface area contributed by atoms with E-state index in [1.807, 2.05) is 31.0 Å². The average Bonchev–Trinajstić information content (AvgIpc) is 2.13. The predicted molar refractivity (Wildman–Crippen MR) is 65.9 cm³/mol. The lowest BCUT2D eigenvalue weighted by molar-refractivity contribution is 0.801. The molecular formula is C10H13BrCl2. The Balaban J connectivity index is 4.38. The second kappa shape index (κ2) is 5.90. The fourth-order valence-electron chi connectivity index (χ4n) is 0.573. The number of hydrogen-bond donors (Lipinski definition) is 0. The highest BCUT2D eigenvalue weighted by molar-refractivity contribution is 9.11. The summed E-state index contributed by atoms with van der Waals surface area (Å²) in [5, 5.41) is -0.255. The lowest BCUT2D eigenvalue weighted by Crippen LogP contribution is -2.24. The predicted octanol–water partition coefficient (Wildman–Crippen LogP) is 4.63. The van der Waals surface area contributed by atoms with Crippen molar-refractivity contribution in [3.05, 3.63) is 35.4 Å². The summed E-state index contributed by atoms with van der Waals surface area (Å²) >= 11 is 15.3. The maximum Gasteiger partial charge on any atom is 0.0793 e. The second-order valence-corrected chi connectivity index (χ2v) is 4.71. The second-order valence-electron chi connectivity index (χ2n) is 2.97. The molecule has 0 bridgehead atoms. The van der Waals surface area contributed by atoms with E-state index < -0.39 is 4.87 Å². The maximum absolute atomic E-state index is 6.07. The zero-order chi connectivity index (χ0) is 10.5. The molecular weight excluding hydrogens is 271 g/mol. The normalized spacial score (nSPS) is 19.9. The minimum atomic E-state index is -0.593. The molecule has 0 radical (unpaired) electrons. The Bertz CT molecular complexity index is 229. The Morgan fingerprint density at radius 2 is 2.15 bits per heavy atom. The van der Waals surface area contributed by atoms with Gasteiger partial charge in [-0.1, -0.05) is 34.2 Å². The number of halogens is 3. The van der Waals surface area contributed by atoms with Crippen molar-refractivity contribution in [3.63, 3.8) is 0 Å². The van der Waals surface area contributed by atoms with Crippen molar-refractivity contribution in [3.8, 4) is 0 Å². The van der Waals surface area contributed by atoms with Gasteiger partial charge in [-0.3, -0.25) is 0 Å². The van der Waals surface area contributed by atoms with Crippen molar-refractivity contribution in [2.45, 2.75) is 24.1 Å². The summed E-state index contributed by atoms with van der Waals surface area (Å²) in [4.78, 5) is 1.23. The average molecular weight is 284 g/mol. The first-order valence-corrected chi connectivity index (χ1v) is 5.59. The van der Waals surface area contributed by atoms with E-state index >= 15 is 0 Å². The first-order valence-electron chi connectivity index (χ1n) is 3.86. The van der Waals surface area contributed by atoms with Crippen LogP contribution in [0.5, 0.6) is 0 Å². The Morgan fingerprint density at radius 3 is 2.54 bits per heavy atom. The summed E-state index contributed by atoms with van der Waals surface area (Å²) in [6, 6.07) is 0. The van der Waals surface area contributed by atoms with Gasteiger partial charge in [0.15, 0.2) is 0 Å². The molecule has 0 aliphatic heterocycles. The minimum absolute atomic E-state index is 0.255. The number of rotatable bonds is 4. The molecule has 0 heterocycles. The largest absolute Gasteiger partial charge is 0.116 e. The van der Waals surface area contributed by atoms with E-state index in [0.29, 0.717) is 0 Å². The monoisotopic (exact) mass is 282 g/mol. The van der Waals surface area contributed by atoms with Crippen LogP contribution in [0, 0.1) is 0 Å². The van der Waals surface area contributed by atoms with Crippen LogP contribution in [0.3, 0.4) is 0 Å². The number of hydrogen-bond acceptors (Lipinski definition) is 0. The smallest absolute Gasteiger partial charge is 0.0793 e. The Kier molecular flexibility index (Phi) is 6.02. The summed E-state index contributed by atoms with van der Waals surface area (Å²) < 4.78 is 0. The van der Waals surface area contributed by atoms with Gasteiger partial charge >= 0.3 is 0 Å². The van der Waals surface area contributed by atoms with Crippen LogP contribution >= 0.6 is 39.1 Å². The van der Waals surface area contributed by atoms with Crippen LogP contribution in [0.25, 0.3) is 0 Å². The van der Waals surface area contributed by atoms with Gasteiger partial charge < -0.3 is 0 Å². The van der Waals surface area contributed by atoms with Crippen molar-refractivity contribution < 1.29 is 0 Å². The molecule has 74 valence electrons. The Morgan fingerprint density at radius 1 is 1.62 bits per heavy atom. The third-order valence-electron chi connectivity index (χ3n) is 1.64. The van der Waals surface area contributed by atoms with Gasteiger partial charge in [0.2, 0.25) is 0 Å². The molecule has 0 saturated heterocycles. The zero-order valence-electron chi connectivity index (χ0n) is 7.73. The van der Waals surface area contributed by atoms with Crippen LogP contribution in [0.4, 0.5) is 0 Å². The van der Waals surface area contributed by atoms with Gasteiger partial charge in [-0.05, 0) is 24.4 Å². The highest BCUT2D eigenvalue weighted by Gasteiger charge is 2.24. The van der Waals surface area contributed by atoms with Gasteiger partial charge in [0.1, 0.15) is 0 Å². The van der Waals surface area contributed by atoms with Gasteiger partial charge in [-0.2, -0.15) is 0 Å². The summed E-state index contributed by atoms with van der Waals surface area (Å²) in [7, 11) is 0. The van der Waals surface area contributed by atoms with E-state index in [4.69, 9.17) is 23.2 Å². The summed E-state index contributed by atoms with van der Waals surface area (Å²) in [6.45, 7) is 7.42. The summed E-state index contributed by atoms with van der Waals surface area (Å²) in [6.07, 6.45) is 5.41. The standard InChI is InChI=1S/C10H13BrCl2/c1-4-10(3,13)9(12)6-5-8(2)7-11/h4-7,9H,1H2,2-3H3/b6-5+,8-7-/t9-,10-/m1/s1. The molecule has 0 aliphatic carbocycles. The van der Waals surface area contributed by atoms with Crippen LogP contribution in [0.1, 0.15) is 13.8 Å². The SMILES string of the molecule is C=C[C@@](C)(Cl)[C@H](Cl)/C=C/C(C)=C\Br. The fourth-order valence-corrected chi connectivity index (χ4v) is 0.961. The van der Waals surface area contributed by atoms with E-state index in [9.17, 15) is 0 Å². The molecule has 0 N–H and O–H groups in total. The Labute approximate surface area is 98.4 Å². The van der Waals surface area contributed by atoms with Crippen LogP contribution in [-0.4, -0.2) is 10.3 Å². The van der Waals surface area contributed by atoms with Gasteiger partial charge in [0.05, 0.1) is 10.3 Å². The van der Waals surface area contributed by atoms with Gasteiger partial charge in [-0.25, -0.2) is 0 Å². The van der Waals surface area contributed by atoms with Crippen LogP contribution in [0.15, 0.2) is 35.4 Å². The van der Waals surface area contributed by atoms with Crippen molar-refractivity contribution in [2.24, 2.45) is 0 Å². The van der Waals surface area contributed by atoms with Crippen LogP contribution in [0.2, 0.25) is 0 Å². The number of allylic oxidation sites excluding steroid dienone is 4. The van der Waals surface area contributed by atoms with Crippen LogP contribution < -0.4 is 0 Å². The van der Waals surface area contributed by atoms with E-state index in [1.165, 1.54) is 0 Å². The molecule has 0 spiro atoms. The first kappa shape index (κ1) is 13.3. The molecule has 0 saturated carbocycles. The lowest BCUT2D eigenvalue weighted by atomic mass is 10.1. The first-order chi connectivity index (χ1) is 5.94. The maximum atomic E-state index is 6.07. The van der Waals surface area contributed by atoms with E-state index in [2.05, 4.69) is 22.5 Å². The zero-order valence-corrected chi connectivity index (χ0v) is 10.8. The fraction of sp³-hybridized carbons (Fsp3) is 0.400. The van der Waals surface area contributed by atoms with E-state index in [-0.39, 0.29) is 5.38 Å². The van der Waals surface area contributed by atoms with Gasteiger partial charge in [0, 0.05) is 0 Å². The van der Waals surface area contributed by atoms with Crippen molar-refractivity contribution in [1.82, 2.24) is 0 Å².